The maximum atomic E-state index is 13.0. The molecule has 0 spiro atoms. The van der Waals surface area contributed by atoms with Crippen molar-refractivity contribution in [1.82, 2.24) is 14.9 Å². The Morgan fingerprint density at radius 1 is 1.15 bits per heavy atom. The molecule has 0 radical (unpaired) electrons. The molecule has 11 nitrogen and oxygen atoms in total. The Bertz CT molecular complexity index is 1760. The third kappa shape index (κ3) is 5.78. The molecular formula is C28H32N3O8PS. The molecule has 41 heavy (non-hydrogen) atoms. The van der Waals surface area contributed by atoms with Crippen LogP contribution in [0.15, 0.2) is 53.6 Å². The van der Waals surface area contributed by atoms with E-state index in [2.05, 4.69) is 9.97 Å². The summed E-state index contributed by atoms with van der Waals surface area (Å²) in [5.74, 6) is 0.443. The Hall–Kier alpha value is -2.83. The van der Waals surface area contributed by atoms with E-state index in [0.717, 1.165) is 27.5 Å². The predicted molar refractivity (Wildman–Crippen MR) is 153 cm³/mol. The van der Waals surface area contributed by atoms with Gasteiger partial charge in [-0.05, 0) is 73.7 Å². The molecule has 218 valence electrons. The second kappa shape index (κ2) is 10.8. The van der Waals surface area contributed by atoms with Crippen molar-refractivity contribution in [2.24, 2.45) is 0 Å². The number of sulfone groups is 1. The van der Waals surface area contributed by atoms with Gasteiger partial charge in [0.1, 0.15) is 17.5 Å². The molecule has 1 aliphatic heterocycles. The number of nitrogens with one attached hydrogen (secondary N) is 1. The summed E-state index contributed by atoms with van der Waals surface area (Å²) in [5, 5.41) is 1.33. The minimum absolute atomic E-state index is 0.302. The van der Waals surface area contributed by atoms with Gasteiger partial charge in [0, 0.05) is 30.1 Å². The first-order valence-corrected chi connectivity index (χ1v) is 16.6. The van der Waals surface area contributed by atoms with E-state index in [4.69, 9.17) is 14.0 Å². The van der Waals surface area contributed by atoms with Crippen LogP contribution in [0.5, 0.6) is 5.75 Å². The standard InChI is InChI=1S/C28H32N3O8PS/c1-17-14-23-25-22(19-4-3-5-21(15-19)41(35,36)20-6-7-20)8-9-24(26(25)30-27(23)29-16-17)38-28(18(2)39-40(32,33)34)31-10-12-37-13-11-31/h3-5,8-9,14-16,18,20,28H,6-7,10-13H2,1-2H3,(H,29,30)(H2,32,33,34). The largest absolute Gasteiger partial charge is 0.470 e. The lowest BCUT2D eigenvalue weighted by Crippen LogP contribution is -2.51. The molecule has 4 aromatic rings. The van der Waals surface area contributed by atoms with E-state index in [1.54, 1.807) is 37.4 Å². The fourth-order valence-electron chi connectivity index (χ4n) is 5.41. The average molecular weight is 602 g/mol. The number of rotatable bonds is 9. The van der Waals surface area contributed by atoms with Crippen LogP contribution >= 0.6 is 7.82 Å². The van der Waals surface area contributed by atoms with Gasteiger partial charge in [-0.15, -0.1) is 0 Å². The van der Waals surface area contributed by atoms with E-state index in [9.17, 15) is 22.8 Å². The van der Waals surface area contributed by atoms with Crippen molar-refractivity contribution >= 4 is 39.6 Å². The summed E-state index contributed by atoms with van der Waals surface area (Å²) in [5.41, 5.74) is 3.77. The third-order valence-electron chi connectivity index (χ3n) is 7.50. The Labute approximate surface area is 237 Å². The first kappa shape index (κ1) is 28.3. The molecule has 1 saturated carbocycles. The van der Waals surface area contributed by atoms with Gasteiger partial charge in [0.2, 0.25) is 0 Å². The number of H-pyrrole nitrogens is 1. The molecule has 6 rings (SSSR count). The SMILES string of the molecule is Cc1cnc2[nH]c3c(OC(C(C)OP(=O)(O)O)N4CCOCC4)ccc(-c4cccc(S(=O)(=O)C5CC5)c4)c3c2c1. The number of hydrogen-bond acceptors (Lipinski definition) is 8. The van der Waals surface area contributed by atoms with Gasteiger partial charge in [-0.1, -0.05) is 12.1 Å². The summed E-state index contributed by atoms with van der Waals surface area (Å²) >= 11 is 0. The molecule has 2 aromatic heterocycles. The average Bonchev–Trinajstić information content (AvgIpc) is 3.73. The lowest BCUT2D eigenvalue weighted by atomic mass is 9.99. The number of hydrogen-bond donors (Lipinski definition) is 3. The second-order valence-corrected chi connectivity index (χ2v) is 14.0. The number of benzene rings is 2. The monoisotopic (exact) mass is 601 g/mol. The van der Waals surface area contributed by atoms with Crippen LogP contribution in [0.25, 0.3) is 33.1 Å². The zero-order valence-corrected chi connectivity index (χ0v) is 24.4. The van der Waals surface area contributed by atoms with Crippen LogP contribution in [-0.2, 0) is 23.7 Å². The van der Waals surface area contributed by atoms with E-state index in [0.29, 0.717) is 61.0 Å². The molecular weight excluding hydrogens is 569 g/mol. The predicted octanol–water partition coefficient (Wildman–Crippen LogP) is 4.16. The van der Waals surface area contributed by atoms with Crippen LogP contribution in [0, 0.1) is 6.92 Å². The van der Waals surface area contributed by atoms with Crippen molar-refractivity contribution in [2.75, 3.05) is 26.3 Å². The first-order chi connectivity index (χ1) is 19.5. The van der Waals surface area contributed by atoms with E-state index >= 15 is 0 Å². The van der Waals surface area contributed by atoms with Crippen molar-refractivity contribution in [3.8, 4) is 16.9 Å². The number of phosphoric ester groups is 1. The van der Waals surface area contributed by atoms with Crippen LogP contribution in [-0.4, -0.2) is 77.0 Å². The Morgan fingerprint density at radius 3 is 2.61 bits per heavy atom. The zero-order chi connectivity index (χ0) is 28.9. The highest BCUT2D eigenvalue weighted by Gasteiger charge is 2.37. The summed E-state index contributed by atoms with van der Waals surface area (Å²) < 4.78 is 54.8. The number of phosphoric acid groups is 1. The fraction of sp³-hybridized carbons (Fsp3) is 0.393. The molecule has 0 bridgehead atoms. The molecule has 2 unspecified atom stereocenters. The summed E-state index contributed by atoms with van der Waals surface area (Å²) in [6.45, 7) is 5.41. The summed E-state index contributed by atoms with van der Waals surface area (Å²) in [6.07, 6.45) is 1.33. The minimum atomic E-state index is -4.78. The first-order valence-electron chi connectivity index (χ1n) is 13.5. The van der Waals surface area contributed by atoms with Crippen molar-refractivity contribution < 1.29 is 36.8 Å². The van der Waals surface area contributed by atoms with Gasteiger partial charge < -0.3 is 24.2 Å². The summed E-state index contributed by atoms with van der Waals surface area (Å²) in [6, 6.07) is 12.7. The molecule has 1 aliphatic carbocycles. The fourth-order valence-corrected chi connectivity index (χ4v) is 7.65. The van der Waals surface area contributed by atoms with Crippen molar-refractivity contribution in [1.29, 1.82) is 0 Å². The van der Waals surface area contributed by atoms with Crippen LogP contribution in [0.4, 0.5) is 0 Å². The van der Waals surface area contributed by atoms with Crippen molar-refractivity contribution in [3.63, 3.8) is 0 Å². The highest BCUT2D eigenvalue weighted by atomic mass is 32.2. The maximum Gasteiger partial charge on any atom is 0.470 e. The molecule has 2 aliphatic rings. The van der Waals surface area contributed by atoms with Gasteiger partial charge in [0.15, 0.2) is 16.1 Å². The van der Waals surface area contributed by atoms with Crippen molar-refractivity contribution in [3.05, 3.63) is 54.2 Å². The molecule has 1 saturated heterocycles. The van der Waals surface area contributed by atoms with Gasteiger partial charge in [-0.2, -0.15) is 0 Å². The number of ether oxygens (including phenoxy) is 2. The van der Waals surface area contributed by atoms with Gasteiger partial charge >= 0.3 is 7.82 Å². The summed E-state index contributed by atoms with van der Waals surface area (Å²) in [4.78, 5) is 29.2. The molecule has 3 N–H and O–H groups in total. The van der Waals surface area contributed by atoms with Crippen LogP contribution in [0.3, 0.4) is 0 Å². The number of pyridine rings is 1. The number of morpholine rings is 1. The second-order valence-electron chi connectivity index (χ2n) is 10.6. The Kier molecular flexibility index (Phi) is 7.44. The Balaban J connectivity index is 1.48. The topological polar surface area (TPSA) is 151 Å². The van der Waals surface area contributed by atoms with Gasteiger partial charge in [-0.25, -0.2) is 18.0 Å². The van der Waals surface area contributed by atoms with Gasteiger partial charge in [-0.3, -0.25) is 9.42 Å². The molecule has 2 fully saturated rings. The molecule has 2 atom stereocenters. The minimum Gasteiger partial charge on any atom is -0.470 e. The van der Waals surface area contributed by atoms with Gasteiger partial charge in [0.05, 0.1) is 28.9 Å². The van der Waals surface area contributed by atoms with Crippen LogP contribution in [0.2, 0.25) is 0 Å². The number of aromatic amines is 1. The van der Waals surface area contributed by atoms with Crippen LogP contribution < -0.4 is 4.74 Å². The normalized spacial score (nSPS) is 18.5. The van der Waals surface area contributed by atoms with Crippen molar-refractivity contribution in [2.45, 2.75) is 49.2 Å². The highest BCUT2D eigenvalue weighted by molar-refractivity contribution is 7.92. The zero-order valence-electron chi connectivity index (χ0n) is 22.7. The quantitative estimate of drug-likeness (QED) is 0.239. The number of aryl methyl sites for hydroxylation is 1. The van der Waals surface area contributed by atoms with E-state index < -0.39 is 30.0 Å². The summed E-state index contributed by atoms with van der Waals surface area (Å²) in [7, 11) is -8.17. The highest BCUT2D eigenvalue weighted by Crippen LogP contribution is 2.43. The van der Waals surface area contributed by atoms with Crippen LogP contribution in [0.1, 0.15) is 25.3 Å². The smallest absolute Gasteiger partial charge is 0.470 e. The number of fused-ring (bicyclic) bond motifs is 3. The molecule has 2 aromatic carbocycles. The lowest BCUT2D eigenvalue weighted by Gasteiger charge is -2.37. The molecule has 0 amide bonds. The Morgan fingerprint density at radius 2 is 1.90 bits per heavy atom. The maximum absolute atomic E-state index is 13.0. The van der Waals surface area contributed by atoms with E-state index in [1.165, 1.54) is 0 Å². The number of aromatic nitrogens is 2. The molecule has 13 heteroatoms. The third-order valence-corrected chi connectivity index (χ3v) is 10.4. The van der Waals surface area contributed by atoms with Gasteiger partial charge in [0.25, 0.3) is 0 Å². The van der Waals surface area contributed by atoms with E-state index in [-0.39, 0.29) is 5.25 Å². The number of nitrogens with zero attached hydrogens (tertiary/aromatic N) is 2. The lowest BCUT2D eigenvalue weighted by molar-refractivity contribution is -0.0913. The van der Waals surface area contributed by atoms with E-state index in [1.807, 2.05) is 30.0 Å². The molecule has 3 heterocycles.